The molecule has 0 radical (unpaired) electrons. The van der Waals surface area contributed by atoms with Crippen LogP contribution in [-0.2, 0) is 6.54 Å². The molecule has 0 bridgehead atoms. The third-order valence-electron chi connectivity index (χ3n) is 2.84. The first-order valence-corrected chi connectivity index (χ1v) is 7.26. The summed E-state index contributed by atoms with van der Waals surface area (Å²) in [5.74, 6) is 0. The molecule has 92 valence electrons. The van der Waals surface area contributed by atoms with Crippen LogP contribution in [0.1, 0.15) is 9.75 Å². The molecule has 5 heteroatoms. The quantitative estimate of drug-likeness (QED) is 0.754. The summed E-state index contributed by atoms with van der Waals surface area (Å²) in [7, 11) is 0. The number of hydrogen-bond acceptors (Lipinski definition) is 3. The summed E-state index contributed by atoms with van der Waals surface area (Å²) in [6.45, 7) is 2.95. The number of halogens is 1. The second-order valence-corrected chi connectivity index (χ2v) is 6.31. The Morgan fingerprint density at radius 2 is 2.33 bits per heavy atom. The molecule has 3 nitrogen and oxygen atoms in total. The van der Waals surface area contributed by atoms with Gasteiger partial charge in [0, 0.05) is 26.2 Å². The zero-order chi connectivity index (χ0) is 12.5. The maximum absolute atomic E-state index is 4.07. The summed E-state index contributed by atoms with van der Waals surface area (Å²) in [6.07, 6.45) is 1.84. The maximum atomic E-state index is 4.07. The summed E-state index contributed by atoms with van der Waals surface area (Å²) in [5, 5.41) is 11.7. The molecule has 18 heavy (non-hydrogen) atoms. The Balaban J connectivity index is 1.82. The van der Waals surface area contributed by atoms with Crippen LogP contribution < -0.4 is 5.32 Å². The lowest BCUT2D eigenvalue weighted by atomic mass is 10.2. The molecule has 2 aromatic heterocycles. The van der Waals surface area contributed by atoms with Gasteiger partial charge in [-0.25, -0.2) is 0 Å². The third kappa shape index (κ3) is 2.15. The van der Waals surface area contributed by atoms with Crippen LogP contribution in [0.15, 0.2) is 34.9 Å². The van der Waals surface area contributed by atoms with Crippen molar-refractivity contribution >= 4 is 43.9 Å². The molecule has 3 aromatic rings. The Kier molecular flexibility index (Phi) is 3.09. The summed E-state index contributed by atoms with van der Waals surface area (Å²) in [5.41, 5.74) is 2.15. The first kappa shape index (κ1) is 11.7. The zero-order valence-electron chi connectivity index (χ0n) is 9.83. The first-order valence-electron chi connectivity index (χ1n) is 5.65. The minimum absolute atomic E-state index is 0.829. The first-order chi connectivity index (χ1) is 8.74. The van der Waals surface area contributed by atoms with Crippen molar-refractivity contribution in [3.8, 4) is 0 Å². The summed E-state index contributed by atoms with van der Waals surface area (Å²) in [6, 6.07) is 8.32. The second kappa shape index (κ2) is 4.74. The van der Waals surface area contributed by atoms with E-state index < -0.39 is 0 Å². The number of aromatic nitrogens is 2. The predicted molar refractivity (Wildman–Crippen MR) is 80.2 cm³/mol. The lowest BCUT2D eigenvalue weighted by Crippen LogP contribution is -1.97. The van der Waals surface area contributed by atoms with E-state index in [1.165, 1.54) is 14.2 Å². The number of rotatable bonds is 3. The Labute approximate surface area is 117 Å². The van der Waals surface area contributed by atoms with Crippen LogP contribution in [0.5, 0.6) is 0 Å². The van der Waals surface area contributed by atoms with Crippen LogP contribution in [-0.4, -0.2) is 10.2 Å². The second-order valence-electron chi connectivity index (χ2n) is 4.11. The van der Waals surface area contributed by atoms with Crippen molar-refractivity contribution in [2.75, 3.05) is 5.32 Å². The van der Waals surface area contributed by atoms with E-state index in [0.29, 0.717) is 0 Å². The number of nitrogens with zero attached hydrogens (tertiary/aromatic N) is 1. The number of para-hydroxylation sites is 1. The number of thiophene rings is 1. The number of nitrogens with one attached hydrogen (secondary N) is 2. The fourth-order valence-corrected chi connectivity index (χ4v) is 3.44. The van der Waals surface area contributed by atoms with E-state index in [0.717, 1.165) is 23.1 Å². The van der Waals surface area contributed by atoms with Gasteiger partial charge in [-0.3, -0.25) is 5.10 Å². The van der Waals surface area contributed by atoms with Crippen LogP contribution in [0.4, 0.5) is 5.69 Å². The standard InChI is InChI=1S/C13H12BrN3S/c1-8-11(14)5-10(18-8)7-15-12-4-2-3-9-6-16-17-13(9)12/h2-6,15H,7H2,1H3,(H,16,17). The molecule has 2 N–H and O–H groups in total. The third-order valence-corrected chi connectivity index (χ3v) is 4.97. The van der Waals surface area contributed by atoms with Crippen molar-refractivity contribution in [3.05, 3.63) is 44.7 Å². The van der Waals surface area contributed by atoms with E-state index in [1.807, 2.05) is 12.3 Å². The van der Waals surface area contributed by atoms with Gasteiger partial charge in [0.05, 0.1) is 17.4 Å². The molecular formula is C13H12BrN3S. The Morgan fingerprint density at radius 3 is 3.11 bits per heavy atom. The topological polar surface area (TPSA) is 40.7 Å². The van der Waals surface area contributed by atoms with Gasteiger partial charge in [-0.2, -0.15) is 5.10 Å². The maximum Gasteiger partial charge on any atom is 0.0881 e. The van der Waals surface area contributed by atoms with Crippen molar-refractivity contribution in [1.82, 2.24) is 10.2 Å². The molecule has 0 saturated heterocycles. The van der Waals surface area contributed by atoms with Gasteiger partial charge < -0.3 is 5.32 Å². The van der Waals surface area contributed by atoms with Gasteiger partial charge in [-0.1, -0.05) is 12.1 Å². The molecule has 0 atom stereocenters. The monoisotopic (exact) mass is 321 g/mol. The number of hydrogen-bond donors (Lipinski definition) is 2. The average molecular weight is 322 g/mol. The average Bonchev–Trinajstić information content (AvgIpc) is 2.94. The van der Waals surface area contributed by atoms with E-state index in [2.05, 4.69) is 56.6 Å². The Bertz CT molecular complexity index is 667. The molecule has 0 fully saturated rings. The largest absolute Gasteiger partial charge is 0.378 e. The SMILES string of the molecule is Cc1sc(CNc2cccc3cn[nH]c23)cc1Br. The van der Waals surface area contributed by atoms with E-state index in [-0.39, 0.29) is 0 Å². The van der Waals surface area contributed by atoms with Crippen molar-refractivity contribution in [1.29, 1.82) is 0 Å². The minimum atomic E-state index is 0.829. The molecule has 0 saturated carbocycles. The molecule has 0 aliphatic rings. The lowest BCUT2D eigenvalue weighted by molar-refractivity contribution is 1.11. The minimum Gasteiger partial charge on any atom is -0.378 e. The summed E-state index contributed by atoms with van der Waals surface area (Å²) < 4.78 is 1.18. The van der Waals surface area contributed by atoms with Crippen LogP contribution in [0, 0.1) is 6.92 Å². The van der Waals surface area contributed by atoms with Gasteiger partial charge in [0.2, 0.25) is 0 Å². The van der Waals surface area contributed by atoms with Crippen molar-refractivity contribution in [2.24, 2.45) is 0 Å². The summed E-state index contributed by atoms with van der Waals surface area (Å²) >= 11 is 5.35. The van der Waals surface area contributed by atoms with Crippen LogP contribution in [0.3, 0.4) is 0 Å². The molecule has 1 aromatic carbocycles. The molecule has 0 aliphatic carbocycles. The van der Waals surface area contributed by atoms with Crippen molar-refractivity contribution in [3.63, 3.8) is 0 Å². The van der Waals surface area contributed by atoms with E-state index in [9.17, 15) is 0 Å². The molecule has 2 heterocycles. The molecule has 3 rings (SSSR count). The van der Waals surface area contributed by atoms with Gasteiger partial charge >= 0.3 is 0 Å². The molecular weight excluding hydrogens is 310 g/mol. The Morgan fingerprint density at radius 1 is 1.44 bits per heavy atom. The smallest absolute Gasteiger partial charge is 0.0881 e. The highest BCUT2D eigenvalue weighted by Gasteiger charge is 2.05. The fourth-order valence-electron chi connectivity index (χ4n) is 1.90. The van der Waals surface area contributed by atoms with Crippen LogP contribution >= 0.6 is 27.3 Å². The Hall–Kier alpha value is -1.33. The predicted octanol–water partition coefficient (Wildman–Crippen LogP) is 4.31. The highest BCUT2D eigenvalue weighted by atomic mass is 79.9. The highest BCUT2D eigenvalue weighted by molar-refractivity contribution is 9.10. The number of aromatic amines is 1. The van der Waals surface area contributed by atoms with Crippen molar-refractivity contribution in [2.45, 2.75) is 13.5 Å². The molecule has 0 aliphatic heterocycles. The van der Waals surface area contributed by atoms with Gasteiger partial charge in [0.25, 0.3) is 0 Å². The number of anilines is 1. The zero-order valence-corrected chi connectivity index (χ0v) is 12.2. The van der Waals surface area contributed by atoms with E-state index >= 15 is 0 Å². The van der Waals surface area contributed by atoms with Crippen LogP contribution in [0.25, 0.3) is 10.9 Å². The van der Waals surface area contributed by atoms with Gasteiger partial charge in [0.15, 0.2) is 0 Å². The summed E-state index contributed by atoms with van der Waals surface area (Å²) in [4.78, 5) is 2.63. The van der Waals surface area contributed by atoms with E-state index in [1.54, 1.807) is 11.3 Å². The van der Waals surface area contributed by atoms with Crippen LogP contribution in [0.2, 0.25) is 0 Å². The fraction of sp³-hybridized carbons (Fsp3) is 0.154. The highest BCUT2D eigenvalue weighted by Crippen LogP contribution is 2.27. The van der Waals surface area contributed by atoms with Gasteiger partial charge in [-0.15, -0.1) is 11.3 Å². The normalized spacial score (nSPS) is 11.0. The lowest BCUT2D eigenvalue weighted by Gasteiger charge is -2.05. The van der Waals surface area contributed by atoms with E-state index in [4.69, 9.17) is 0 Å². The molecule has 0 spiro atoms. The number of benzene rings is 1. The van der Waals surface area contributed by atoms with Gasteiger partial charge in [0.1, 0.15) is 0 Å². The number of fused-ring (bicyclic) bond motifs is 1. The number of aryl methyl sites for hydroxylation is 1. The molecule has 0 amide bonds. The van der Waals surface area contributed by atoms with Gasteiger partial charge in [-0.05, 0) is 35.0 Å². The molecule has 0 unspecified atom stereocenters. The van der Waals surface area contributed by atoms with Crippen molar-refractivity contribution < 1.29 is 0 Å². The number of H-pyrrole nitrogens is 1.